The molecular weight excluding hydrogens is 262 g/mol. The minimum atomic E-state index is -0.411. The van der Waals surface area contributed by atoms with Gasteiger partial charge in [0, 0.05) is 6.20 Å². The summed E-state index contributed by atoms with van der Waals surface area (Å²) in [6, 6.07) is 3.59. The van der Waals surface area contributed by atoms with Gasteiger partial charge in [-0.15, -0.1) is 11.3 Å². The van der Waals surface area contributed by atoms with Crippen molar-refractivity contribution in [2.75, 3.05) is 11.9 Å². The fraction of sp³-hybridized carbons (Fsp3) is 0.200. The smallest absolute Gasteiger partial charge is 0.343 e. The van der Waals surface area contributed by atoms with Crippen molar-refractivity contribution in [1.29, 1.82) is 0 Å². The lowest BCUT2D eigenvalue weighted by Crippen LogP contribution is -2.06. The zero-order chi connectivity index (χ0) is 12.3. The van der Waals surface area contributed by atoms with Crippen LogP contribution in [0, 0.1) is 0 Å². The Morgan fingerprint density at radius 1 is 1.65 bits per heavy atom. The highest BCUT2D eigenvalue weighted by molar-refractivity contribution is 7.19. The average molecular weight is 272 g/mol. The van der Waals surface area contributed by atoms with E-state index in [4.69, 9.17) is 16.3 Å². The van der Waals surface area contributed by atoms with Gasteiger partial charge in [-0.25, -0.2) is 4.79 Å². The molecule has 2 aromatic rings. The molecule has 0 spiro atoms. The van der Waals surface area contributed by atoms with E-state index in [2.05, 4.69) is 15.5 Å². The van der Waals surface area contributed by atoms with E-state index in [-0.39, 0.29) is 0 Å². The molecule has 90 valence electrons. The van der Waals surface area contributed by atoms with Crippen LogP contribution in [0.1, 0.15) is 17.3 Å². The lowest BCUT2D eigenvalue weighted by Gasteiger charge is -2.03. The number of nitrogens with one attached hydrogen (secondary N) is 2. The van der Waals surface area contributed by atoms with E-state index < -0.39 is 5.97 Å². The molecule has 17 heavy (non-hydrogen) atoms. The monoisotopic (exact) mass is 271 g/mol. The Hall–Kier alpha value is -1.53. The minimum absolute atomic E-state index is 0.328. The molecule has 0 aliphatic heterocycles. The second kappa shape index (κ2) is 5.20. The molecule has 0 aliphatic rings. The van der Waals surface area contributed by atoms with E-state index in [9.17, 15) is 4.79 Å². The Bertz CT molecular complexity index is 523. The third-order valence-corrected chi connectivity index (χ3v) is 3.10. The lowest BCUT2D eigenvalue weighted by atomic mass is 10.3. The first-order chi connectivity index (χ1) is 8.20. The Morgan fingerprint density at radius 2 is 2.47 bits per heavy atom. The van der Waals surface area contributed by atoms with Gasteiger partial charge in [-0.3, -0.25) is 5.10 Å². The number of aromatic nitrogens is 2. The molecule has 2 heterocycles. The molecule has 0 aromatic carbocycles. The van der Waals surface area contributed by atoms with Crippen molar-refractivity contribution in [1.82, 2.24) is 10.2 Å². The molecule has 0 saturated heterocycles. The van der Waals surface area contributed by atoms with E-state index in [0.717, 1.165) is 5.00 Å². The van der Waals surface area contributed by atoms with Gasteiger partial charge in [-0.1, -0.05) is 11.6 Å². The number of thiophene rings is 1. The third-order valence-electron chi connectivity index (χ3n) is 1.95. The van der Waals surface area contributed by atoms with Crippen LogP contribution in [0.3, 0.4) is 0 Å². The number of carbonyl (C=O) groups excluding carboxylic acids is 1. The highest BCUT2D eigenvalue weighted by Gasteiger charge is 2.15. The Labute approximate surface area is 107 Å². The molecule has 2 aromatic heterocycles. The zero-order valence-electron chi connectivity index (χ0n) is 8.99. The molecule has 2 rings (SSSR count). The largest absolute Gasteiger partial charge is 0.462 e. The molecule has 0 radical (unpaired) electrons. The number of ether oxygens (including phenoxy) is 1. The maximum Gasteiger partial charge on any atom is 0.343 e. The van der Waals surface area contributed by atoms with Crippen molar-refractivity contribution < 1.29 is 9.53 Å². The number of esters is 1. The number of anilines is 2. The SMILES string of the molecule is CCOC(=O)c1c[nH]nc1Nc1ccc(Cl)s1. The molecule has 0 atom stereocenters. The summed E-state index contributed by atoms with van der Waals surface area (Å²) in [5.41, 5.74) is 0.372. The lowest BCUT2D eigenvalue weighted by molar-refractivity contribution is 0.0527. The summed E-state index contributed by atoms with van der Waals surface area (Å²) < 4.78 is 5.58. The van der Waals surface area contributed by atoms with Gasteiger partial charge in [0.25, 0.3) is 0 Å². The molecular formula is C10H10ClN3O2S. The van der Waals surface area contributed by atoms with Crippen LogP contribution in [0.2, 0.25) is 4.34 Å². The van der Waals surface area contributed by atoms with Crippen LogP contribution in [0.15, 0.2) is 18.3 Å². The normalized spacial score (nSPS) is 10.2. The van der Waals surface area contributed by atoms with Gasteiger partial charge in [0.2, 0.25) is 0 Å². The number of rotatable bonds is 4. The van der Waals surface area contributed by atoms with Crippen molar-refractivity contribution in [3.05, 3.63) is 28.2 Å². The van der Waals surface area contributed by atoms with Gasteiger partial charge in [0.15, 0.2) is 5.82 Å². The predicted molar refractivity (Wildman–Crippen MR) is 67.2 cm³/mol. The highest BCUT2D eigenvalue weighted by Crippen LogP contribution is 2.29. The molecule has 2 N–H and O–H groups in total. The van der Waals surface area contributed by atoms with Gasteiger partial charge < -0.3 is 10.1 Å². The first-order valence-corrected chi connectivity index (χ1v) is 6.13. The van der Waals surface area contributed by atoms with Gasteiger partial charge in [-0.05, 0) is 19.1 Å². The number of carbonyl (C=O) groups is 1. The maximum absolute atomic E-state index is 11.6. The van der Waals surface area contributed by atoms with Gasteiger partial charge in [-0.2, -0.15) is 5.10 Å². The van der Waals surface area contributed by atoms with Gasteiger partial charge in [0.1, 0.15) is 5.56 Å². The third kappa shape index (κ3) is 2.78. The first-order valence-electron chi connectivity index (χ1n) is 4.94. The summed E-state index contributed by atoms with van der Waals surface area (Å²) in [4.78, 5) is 11.6. The minimum Gasteiger partial charge on any atom is -0.462 e. The van der Waals surface area contributed by atoms with Crippen LogP contribution >= 0.6 is 22.9 Å². The second-order valence-electron chi connectivity index (χ2n) is 3.10. The molecule has 0 unspecified atom stereocenters. The fourth-order valence-electron chi connectivity index (χ4n) is 1.25. The maximum atomic E-state index is 11.6. The molecule has 0 fully saturated rings. The Balaban J connectivity index is 2.16. The molecule has 5 nitrogen and oxygen atoms in total. The van der Waals surface area contributed by atoms with E-state index >= 15 is 0 Å². The Morgan fingerprint density at radius 3 is 3.12 bits per heavy atom. The summed E-state index contributed by atoms with van der Waals surface area (Å²) in [6.45, 7) is 2.08. The average Bonchev–Trinajstić information content (AvgIpc) is 2.89. The van der Waals surface area contributed by atoms with E-state index in [0.29, 0.717) is 22.3 Å². The molecule has 0 aliphatic carbocycles. The predicted octanol–water partition coefficient (Wildman–Crippen LogP) is 3.04. The van der Waals surface area contributed by atoms with E-state index in [1.807, 2.05) is 6.07 Å². The van der Waals surface area contributed by atoms with Crippen LogP contribution < -0.4 is 5.32 Å². The zero-order valence-corrected chi connectivity index (χ0v) is 10.6. The summed E-state index contributed by atoms with van der Waals surface area (Å²) >= 11 is 7.18. The van der Waals surface area contributed by atoms with Crippen molar-refractivity contribution in [3.8, 4) is 0 Å². The van der Waals surface area contributed by atoms with Gasteiger partial charge in [0.05, 0.1) is 15.9 Å². The van der Waals surface area contributed by atoms with Crippen molar-refractivity contribution in [3.63, 3.8) is 0 Å². The number of hydrogen-bond donors (Lipinski definition) is 2. The molecule has 0 bridgehead atoms. The van der Waals surface area contributed by atoms with Crippen LogP contribution in [0.4, 0.5) is 10.8 Å². The topological polar surface area (TPSA) is 67.0 Å². The first kappa shape index (κ1) is 11.9. The molecule has 7 heteroatoms. The quantitative estimate of drug-likeness (QED) is 0.839. The standard InChI is InChI=1S/C10H10ClN3O2S/c1-2-16-10(15)6-5-12-14-9(6)13-8-4-3-7(11)17-8/h3-5H,2H2,1H3,(H2,12,13,14). The van der Waals surface area contributed by atoms with Gasteiger partial charge >= 0.3 is 5.97 Å². The number of halogens is 1. The number of aromatic amines is 1. The van der Waals surface area contributed by atoms with Crippen molar-refractivity contribution >= 4 is 39.7 Å². The van der Waals surface area contributed by atoms with Crippen molar-refractivity contribution in [2.24, 2.45) is 0 Å². The number of nitrogens with zero attached hydrogens (tertiary/aromatic N) is 1. The summed E-state index contributed by atoms with van der Waals surface area (Å²) in [7, 11) is 0. The van der Waals surface area contributed by atoms with Crippen LogP contribution in [-0.2, 0) is 4.74 Å². The van der Waals surface area contributed by atoms with Crippen LogP contribution in [0.25, 0.3) is 0 Å². The van der Waals surface area contributed by atoms with E-state index in [1.54, 1.807) is 13.0 Å². The number of H-pyrrole nitrogens is 1. The van der Waals surface area contributed by atoms with Crippen LogP contribution in [0.5, 0.6) is 0 Å². The summed E-state index contributed by atoms with van der Waals surface area (Å²) in [5, 5.41) is 10.4. The van der Waals surface area contributed by atoms with E-state index in [1.165, 1.54) is 17.5 Å². The highest BCUT2D eigenvalue weighted by atomic mass is 35.5. The van der Waals surface area contributed by atoms with Crippen LogP contribution in [-0.4, -0.2) is 22.8 Å². The number of hydrogen-bond acceptors (Lipinski definition) is 5. The summed E-state index contributed by atoms with van der Waals surface area (Å²) in [5.74, 6) is 0.0216. The summed E-state index contributed by atoms with van der Waals surface area (Å²) in [6.07, 6.45) is 1.50. The van der Waals surface area contributed by atoms with Crippen molar-refractivity contribution in [2.45, 2.75) is 6.92 Å². The Kier molecular flexibility index (Phi) is 3.65. The fourth-order valence-corrected chi connectivity index (χ4v) is 2.19. The second-order valence-corrected chi connectivity index (χ2v) is 4.81. The molecule has 0 saturated carbocycles. The molecule has 0 amide bonds.